The van der Waals surface area contributed by atoms with Gasteiger partial charge in [-0.05, 0) is 42.6 Å². The van der Waals surface area contributed by atoms with Crippen molar-refractivity contribution in [3.8, 4) is 11.4 Å². The Morgan fingerprint density at radius 2 is 1.81 bits per heavy atom. The van der Waals surface area contributed by atoms with Gasteiger partial charge in [0, 0.05) is 11.1 Å². The molecule has 8 nitrogen and oxygen atoms in total. The SMILES string of the molecule is Cc1c(O)c2ccccc2c(=O)n1-c1ccc(NC(=O)NS(=O)(=O)c2cccs2)cc1F. The molecular formula is C21H16FN3O5S2. The summed E-state index contributed by atoms with van der Waals surface area (Å²) in [6, 6.07) is 11.7. The lowest BCUT2D eigenvalue weighted by Crippen LogP contribution is -2.34. The lowest BCUT2D eigenvalue weighted by atomic mass is 10.1. The number of thiophene rings is 1. The smallest absolute Gasteiger partial charge is 0.333 e. The van der Waals surface area contributed by atoms with Crippen molar-refractivity contribution in [1.82, 2.24) is 9.29 Å². The summed E-state index contributed by atoms with van der Waals surface area (Å²) in [6.07, 6.45) is 0. The van der Waals surface area contributed by atoms with Crippen molar-refractivity contribution in [3.63, 3.8) is 0 Å². The lowest BCUT2D eigenvalue weighted by molar-refractivity contribution is 0.256. The Labute approximate surface area is 185 Å². The first-order valence-corrected chi connectivity index (χ1v) is 11.6. The number of nitrogens with one attached hydrogen (secondary N) is 2. The van der Waals surface area contributed by atoms with Gasteiger partial charge >= 0.3 is 6.03 Å². The summed E-state index contributed by atoms with van der Waals surface area (Å²) in [7, 11) is -4.04. The van der Waals surface area contributed by atoms with E-state index in [2.05, 4.69) is 5.32 Å². The summed E-state index contributed by atoms with van der Waals surface area (Å²) in [4.78, 5) is 25.0. The van der Waals surface area contributed by atoms with Gasteiger partial charge in [-0.1, -0.05) is 24.3 Å². The molecule has 0 saturated carbocycles. The van der Waals surface area contributed by atoms with Crippen LogP contribution in [0.5, 0.6) is 5.75 Å². The zero-order valence-corrected chi connectivity index (χ0v) is 18.1. The summed E-state index contributed by atoms with van der Waals surface area (Å²) in [5.74, 6) is -1.01. The van der Waals surface area contributed by atoms with E-state index in [9.17, 15) is 27.5 Å². The molecule has 0 bridgehead atoms. The highest BCUT2D eigenvalue weighted by Gasteiger charge is 2.20. The molecule has 2 aromatic heterocycles. The molecule has 0 aliphatic carbocycles. The first-order chi connectivity index (χ1) is 15.2. The number of sulfonamides is 1. The number of hydrogen-bond acceptors (Lipinski definition) is 6. The average molecular weight is 474 g/mol. The second kappa shape index (κ2) is 8.09. The van der Waals surface area contributed by atoms with E-state index in [0.29, 0.717) is 5.39 Å². The third-order valence-corrected chi connectivity index (χ3v) is 7.46. The molecule has 4 rings (SSSR count). The van der Waals surface area contributed by atoms with Crippen molar-refractivity contribution < 1.29 is 22.7 Å². The third kappa shape index (κ3) is 3.83. The highest BCUT2D eigenvalue weighted by Crippen LogP contribution is 2.28. The molecule has 32 heavy (non-hydrogen) atoms. The first-order valence-electron chi connectivity index (χ1n) is 9.19. The number of rotatable bonds is 4. The van der Waals surface area contributed by atoms with Crippen molar-refractivity contribution in [2.45, 2.75) is 11.1 Å². The molecule has 0 saturated heterocycles. The normalized spacial score (nSPS) is 11.4. The maximum atomic E-state index is 14.9. The largest absolute Gasteiger partial charge is 0.505 e. The molecule has 0 unspecified atom stereocenters. The van der Waals surface area contributed by atoms with Crippen LogP contribution in [0.25, 0.3) is 16.5 Å². The Morgan fingerprint density at radius 1 is 1.09 bits per heavy atom. The number of benzene rings is 2. The van der Waals surface area contributed by atoms with E-state index in [-0.39, 0.29) is 32.4 Å². The molecule has 11 heteroatoms. The number of aromatic hydroxyl groups is 1. The van der Waals surface area contributed by atoms with Gasteiger partial charge in [0.25, 0.3) is 15.6 Å². The zero-order chi connectivity index (χ0) is 23.0. The molecule has 4 aromatic rings. The topological polar surface area (TPSA) is 118 Å². The van der Waals surface area contributed by atoms with Crippen LogP contribution in [0.3, 0.4) is 0 Å². The van der Waals surface area contributed by atoms with Gasteiger partial charge in [-0.15, -0.1) is 11.3 Å². The summed E-state index contributed by atoms with van der Waals surface area (Å²) >= 11 is 0.941. The van der Waals surface area contributed by atoms with Gasteiger partial charge in [0.15, 0.2) is 0 Å². The van der Waals surface area contributed by atoms with Crippen LogP contribution in [0.15, 0.2) is 69.0 Å². The molecule has 0 aliphatic rings. The standard InChI is InChI=1S/C21H16FN3O5S2/c1-12-19(26)14-5-2-3-6-15(14)20(27)25(12)17-9-8-13(11-16(17)22)23-21(28)24-32(29,30)18-7-4-10-31-18/h2-11,26H,1H3,(H2,23,24,28). The maximum absolute atomic E-state index is 14.9. The number of anilines is 1. The minimum absolute atomic E-state index is 0.0270. The molecule has 2 heterocycles. The summed E-state index contributed by atoms with van der Waals surface area (Å²) in [5, 5.41) is 14.8. The second-order valence-electron chi connectivity index (χ2n) is 6.78. The fourth-order valence-corrected chi connectivity index (χ4v) is 5.15. The number of carbonyl (C=O) groups is 1. The first kappa shape index (κ1) is 21.5. The van der Waals surface area contributed by atoms with E-state index in [1.165, 1.54) is 37.3 Å². The third-order valence-electron chi connectivity index (χ3n) is 4.73. The van der Waals surface area contributed by atoms with Gasteiger partial charge in [-0.25, -0.2) is 22.3 Å². The van der Waals surface area contributed by atoms with E-state index in [1.54, 1.807) is 23.6 Å². The number of carbonyl (C=O) groups excluding carboxylic acids is 1. The van der Waals surface area contributed by atoms with Crippen LogP contribution in [-0.4, -0.2) is 24.1 Å². The van der Waals surface area contributed by atoms with Gasteiger partial charge in [-0.3, -0.25) is 9.36 Å². The van der Waals surface area contributed by atoms with Crippen LogP contribution in [-0.2, 0) is 10.0 Å². The number of halogens is 1. The highest BCUT2D eigenvalue weighted by molar-refractivity contribution is 7.92. The predicted octanol–water partition coefficient (Wildman–Crippen LogP) is 3.72. The fraction of sp³-hybridized carbons (Fsp3) is 0.0476. The number of aromatic nitrogens is 1. The molecule has 0 atom stereocenters. The van der Waals surface area contributed by atoms with E-state index in [1.807, 2.05) is 4.72 Å². The van der Waals surface area contributed by atoms with Crippen molar-refractivity contribution >= 4 is 43.9 Å². The Bertz CT molecular complexity index is 1510. The molecule has 2 aromatic carbocycles. The average Bonchev–Trinajstić information content (AvgIpc) is 3.29. The van der Waals surface area contributed by atoms with Gasteiger partial charge < -0.3 is 10.4 Å². The van der Waals surface area contributed by atoms with Crippen LogP contribution < -0.4 is 15.6 Å². The van der Waals surface area contributed by atoms with Gasteiger partial charge in [0.1, 0.15) is 15.8 Å². The maximum Gasteiger partial charge on any atom is 0.333 e. The van der Waals surface area contributed by atoms with Crippen LogP contribution in [0.2, 0.25) is 0 Å². The Hall–Kier alpha value is -3.70. The summed E-state index contributed by atoms with van der Waals surface area (Å²) < 4.78 is 42.0. The van der Waals surface area contributed by atoms with Gasteiger partial charge in [0.05, 0.1) is 16.8 Å². The minimum atomic E-state index is -4.04. The van der Waals surface area contributed by atoms with Crippen LogP contribution >= 0.6 is 11.3 Å². The van der Waals surface area contributed by atoms with Crippen LogP contribution in [0, 0.1) is 12.7 Å². The molecule has 0 spiro atoms. The quantitative estimate of drug-likeness (QED) is 0.418. The van der Waals surface area contributed by atoms with Crippen LogP contribution in [0.1, 0.15) is 5.69 Å². The Kier molecular flexibility index (Phi) is 5.45. The molecule has 2 amide bonds. The van der Waals surface area contributed by atoms with Gasteiger partial charge in [0.2, 0.25) is 0 Å². The van der Waals surface area contributed by atoms with Crippen molar-refractivity contribution in [2.75, 3.05) is 5.32 Å². The highest BCUT2D eigenvalue weighted by atomic mass is 32.2. The number of fused-ring (bicyclic) bond motifs is 1. The Morgan fingerprint density at radius 3 is 2.47 bits per heavy atom. The molecule has 0 fully saturated rings. The monoisotopic (exact) mass is 473 g/mol. The molecular weight excluding hydrogens is 457 g/mol. The minimum Gasteiger partial charge on any atom is -0.505 e. The summed E-state index contributed by atoms with van der Waals surface area (Å²) in [6.45, 7) is 1.48. The van der Waals surface area contributed by atoms with E-state index in [4.69, 9.17) is 0 Å². The Balaban J connectivity index is 1.65. The number of urea groups is 1. The number of amides is 2. The zero-order valence-electron chi connectivity index (χ0n) is 16.5. The lowest BCUT2D eigenvalue weighted by Gasteiger charge is -2.15. The molecule has 0 radical (unpaired) electrons. The number of pyridine rings is 1. The fourth-order valence-electron chi connectivity index (χ4n) is 3.25. The summed E-state index contributed by atoms with van der Waals surface area (Å²) in [5.41, 5.74) is -0.532. The molecule has 164 valence electrons. The molecule has 0 aliphatic heterocycles. The van der Waals surface area contributed by atoms with Crippen molar-refractivity contribution in [1.29, 1.82) is 0 Å². The number of nitrogens with zero attached hydrogens (tertiary/aromatic N) is 1. The second-order valence-corrected chi connectivity index (χ2v) is 9.64. The van der Waals surface area contributed by atoms with E-state index < -0.39 is 27.4 Å². The predicted molar refractivity (Wildman–Crippen MR) is 120 cm³/mol. The van der Waals surface area contributed by atoms with Crippen molar-refractivity contribution in [3.05, 3.63) is 81.8 Å². The van der Waals surface area contributed by atoms with Gasteiger partial charge in [-0.2, -0.15) is 0 Å². The van der Waals surface area contributed by atoms with Crippen LogP contribution in [0.4, 0.5) is 14.9 Å². The van der Waals surface area contributed by atoms with Crippen molar-refractivity contribution in [2.24, 2.45) is 0 Å². The molecule has 3 N–H and O–H groups in total. The number of hydrogen-bond donors (Lipinski definition) is 3. The van der Waals surface area contributed by atoms with E-state index >= 15 is 0 Å². The van der Waals surface area contributed by atoms with E-state index in [0.717, 1.165) is 22.0 Å².